The smallest absolute Gasteiger partial charge is 0.104 e. The predicted molar refractivity (Wildman–Crippen MR) is 88.5 cm³/mol. The van der Waals surface area contributed by atoms with Crippen LogP contribution in [0.4, 0.5) is 5.69 Å². The number of nitrogens with one attached hydrogen (secondary N) is 1. The zero-order valence-electron chi connectivity index (χ0n) is 13.5. The molecule has 1 aliphatic rings. The van der Waals surface area contributed by atoms with Gasteiger partial charge in [0.05, 0.1) is 6.07 Å². The molecular formula is C18H27N3. The summed E-state index contributed by atoms with van der Waals surface area (Å²) in [7, 11) is 2.14. The van der Waals surface area contributed by atoms with E-state index in [1.807, 2.05) is 6.92 Å². The minimum atomic E-state index is -0.344. The van der Waals surface area contributed by atoms with E-state index < -0.39 is 0 Å². The van der Waals surface area contributed by atoms with E-state index in [0.717, 1.165) is 25.8 Å². The summed E-state index contributed by atoms with van der Waals surface area (Å²) >= 11 is 0. The molecule has 0 saturated heterocycles. The van der Waals surface area contributed by atoms with E-state index in [9.17, 15) is 5.26 Å². The molecule has 2 rings (SSSR count). The molecule has 1 aromatic carbocycles. The van der Waals surface area contributed by atoms with Crippen LogP contribution in [0.1, 0.15) is 44.6 Å². The molecule has 1 N–H and O–H groups in total. The van der Waals surface area contributed by atoms with Crippen LogP contribution in [0.2, 0.25) is 0 Å². The quantitative estimate of drug-likeness (QED) is 0.741. The number of benzene rings is 1. The topological polar surface area (TPSA) is 39.1 Å². The molecule has 0 bridgehead atoms. The second kappa shape index (κ2) is 6.95. The van der Waals surface area contributed by atoms with Gasteiger partial charge < -0.3 is 4.90 Å². The van der Waals surface area contributed by atoms with Crippen molar-refractivity contribution < 1.29 is 0 Å². The van der Waals surface area contributed by atoms with Gasteiger partial charge in [-0.1, -0.05) is 17.7 Å². The Bertz CT molecular complexity index is 484. The van der Waals surface area contributed by atoms with E-state index in [4.69, 9.17) is 0 Å². The Labute approximate surface area is 129 Å². The van der Waals surface area contributed by atoms with Crippen molar-refractivity contribution in [1.29, 1.82) is 5.26 Å². The monoisotopic (exact) mass is 285 g/mol. The molecule has 1 unspecified atom stereocenters. The maximum absolute atomic E-state index is 9.35. The number of anilines is 1. The van der Waals surface area contributed by atoms with Crippen molar-refractivity contribution in [3.8, 4) is 6.07 Å². The van der Waals surface area contributed by atoms with Crippen LogP contribution in [-0.2, 0) is 0 Å². The molecule has 21 heavy (non-hydrogen) atoms. The highest BCUT2D eigenvalue weighted by atomic mass is 15.1. The summed E-state index contributed by atoms with van der Waals surface area (Å²) < 4.78 is 0. The molecule has 1 aromatic rings. The molecule has 0 aromatic heterocycles. The first kappa shape index (κ1) is 15.9. The van der Waals surface area contributed by atoms with Gasteiger partial charge in [-0.3, -0.25) is 5.32 Å². The van der Waals surface area contributed by atoms with Gasteiger partial charge in [0, 0.05) is 25.3 Å². The van der Waals surface area contributed by atoms with Crippen molar-refractivity contribution in [3.05, 3.63) is 29.8 Å². The van der Waals surface area contributed by atoms with E-state index in [1.165, 1.54) is 24.1 Å². The number of hydrogen-bond acceptors (Lipinski definition) is 3. The zero-order valence-corrected chi connectivity index (χ0v) is 13.5. The predicted octanol–water partition coefficient (Wildman–Crippen LogP) is 3.64. The Morgan fingerprint density at radius 1 is 1.29 bits per heavy atom. The first-order valence-corrected chi connectivity index (χ1v) is 7.99. The Kier molecular flexibility index (Phi) is 5.25. The lowest BCUT2D eigenvalue weighted by Gasteiger charge is -2.24. The van der Waals surface area contributed by atoms with Crippen LogP contribution in [0.3, 0.4) is 0 Å². The van der Waals surface area contributed by atoms with Crippen LogP contribution in [0, 0.1) is 18.3 Å². The van der Waals surface area contributed by atoms with Gasteiger partial charge in [-0.2, -0.15) is 5.26 Å². The summed E-state index contributed by atoms with van der Waals surface area (Å²) in [5, 5.41) is 12.8. The summed E-state index contributed by atoms with van der Waals surface area (Å²) in [4.78, 5) is 2.29. The molecule has 0 aliphatic heterocycles. The van der Waals surface area contributed by atoms with Gasteiger partial charge in [0.25, 0.3) is 0 Å². The molecule has 3 heteroatoms. The van der Waals surface area contributed by atoms with Gasteiger partial charge in [0.15, 0.2) is 0 Å². The van der Waals surface area contributed by atoms with Crippen LogP contribution in [0.15, 0.2) is 24.3 Å². The van der Waals surface area contributed by atoms with Crippen molar-refractivity contribution in [2.75, 3.05) is 18.5 Å². The maximum Gasteiger partial charge on any atom is 0.104 e. The average molecular weight is 285 g/mol. The van der Waals surface area contributed by atoms with Gasteiger partial charge >= 0.3 is 0 Å². The highest BCUT2D eigenvalue weighted by Crippen LogP contribution is 2.25. The van der Waals surface area contributed by atoms with E-state index in [1.54, 1.807) is 0 Å². The normalized spacial score (nSPS) is 17.0. The summed E-state index contributed by atoms with van der Waals surface area (Å²) in [5.74, 6) is 0. The fraction of sp³-hybridized carbons (Fsp3) is 0.611. The first-order valence-electron chi connectivity index (χ1n) is 7.99. The van der Waals surface area contributed by atoms with E-state index in [0.29, 0.717) is 6.04 Å². The van der Waals surface area contributed by atoms with Crippen LogP contribution in [-0.4, -0.2) is 25.2 Å². The van der Waals surface area contributed by atoms with Crippen molar-refractivity contribution in [2.45, 2.75) is 57.5 Å². The molecule has 0 heterocycles. The van der Waals surface area contributed by atoms with Crippen molar-refractivity contribution >= 4 is 5.69 Å². The third kappa shape index (κ3) is 5.06. The standard InChI is InChI=1S/C18H27N3/c1-15-6-10-17(11-7-15)21(3)13-5-4-12-18(2,14-19)20-16-8-9-16/h6-7,10-11,16,20H,4-5,8-9,12-13H2,1-3H3. The number of hydrogen-bond donors (Lipinski definition) is 1. The van der Waals surface area contributed by atoms with Crippen LogP contribution < -0.4 is 10.2 Å². The summed E-state index contributed by atoms with van der Waals surface area (Å²) in [6.07, 6.45) is 5.59. The molecular weight excluding hydrogens is 258 g/mol. The molecule has 1 fully saturated rings. The fourth-order valence-electron chi connectivity index (χ4n) is 2.59. The van der Waals surface area contributed by atoms with Gasteiger partial charge in [0.1, 0.15) is 5.54 Å². The second-order valence-electron chi connectivity index (χ2n) is 6.58. The van der Waals surface area contributed by atoms with E-state index >= 15 is 0 Å². The molecule has 3 nitrogen and oxygen atoms in total. The SMILES string of the molecule is Cc1ccc(N(C)CCCCC(C)(C#N)NC2CC2)cc1. The Morgan fingerprint density at radius 2 is 1.95 bits per heavy atom. The lowest BCUT2D eigenvalue weighted by Crippen LogP contribution is -2.42. The minimum absolute atomic E-state index is 0.344. The molecule has 1 saturated carbocycles. The second-order valence-corrected chi connectivity index (χ2v) is 6.58. The first-order chi connectivity index (χ1) is 10.0. The van der Waals surface area contributed by atoms with E-state index in [-0.39, 0.29) is 5.54 Å². The van der Waals surface area contributed by atoms with E-state index in [2.05, 4.69) is 54.5 Å². The lowest BCUT2D eigenvalue weighted by atomic mass is 9.96. The summed E-state index contributed by atoms with van der Waals surface area (Å²) in [6.45, 7) is 5.18. The Hall–Kier alpha value is -1.53. The average Bonchev–Trinajstić information content (AvgIpc) is 3.28. The summed E-state index contributed by atoms with van der Waals surface area (Å²) in [5.41, 5.74) is 2.21. The maximum atomic E-state index is 9.35. The van der Waals surface area contributed by atoms with Crippen molar-refractivity contribution in [2.24, 2.45) is 0 Å². The highest BCUT2D eigenvalue weighted by Gasteiger charge is 2.31. The molecule has 114 valence electrons. The fourth-order valence-corrected chi connectivity index (χ4v) is 2.59. The minimum Gasteiger partial charge on any atom is -0.375 e. The molecule has 0 spiro atoms. The lowest BCUT2D eigenvalue weighted by molar-refractivity contribution is 0.399. The third-order valence-corrected chi connectivity index (χ3v) is 4.24. The summed E-state index contributed by atoms with van der Waals surface area (Å²) in [6, 6.07) is 11.7. The van der Waals surface area contributed by atoms with Gasteiger partial charge in [0.2, 0.25) is 0 Å². The van der Waals surface area contributed by atoms with Gasteiger partial charge in [-0.15, -0.1) is 0 Å². The third-order valence-electron chi connectivity index (χ3n) is 4.24. The van der Waals surface area contributed by atoms with Crippen LogP contribution in [0.5, 0.6) is 0 Å². The van der Waals surface area contributed by atoms with Crippen LogP contribution in [0.25, 0.3) is 0 Å². The van der Waals surface area contributed by atoms with Gasteiger partial charge in [-0.05, 0) is 58.1 Å². The molecule has 0 radical (unpaired) electrons. The molecule has 1 atom stereocenters. The number of rotatable bonds is 8. The molecule has 1 aliphatic carbocycles. The van der Waals surface area contributed by atoms with Crippen molar-refractivity contribution in [3.63, 3.8) is 0 Å². The van der Waals surface area contributed by atoms with Crippen molar-refractivity contribution in [1.82, 2.24) is 5.32 Å². The van der Waals surface area contributed by atoms with Gasteiger partial charge in [-0.25, -0.2) is 0 Å². The highest BCUT2D eigenvalue weighted by molar-refractivity contribution is 5.46. The zero-order chi connectivity index (χ0) is 15.3. The number of nitrogens with zero attached hydrogens (tertiary/aromatic N) is 2. The largest absolute Gasteiger partial charge is 0.375 e. The number of nitriles is 1. The Morgan fingerprint density at radius 3 is 2.52 bits per heavy atom. The number of unbranched alkanes of at least 4 members (excludes halogenated alkanes) is 1. The van der Waals surface area contributed by atoms with Crippen LogP contribution >= 0.6 is 0 Å². The molecule has 0 amide bonds. The Balaban J connectivity index is 1.71. The number of aryl methyl sites for hydroxylation is 1.